The van der Waals surface area contributed by atoms with Crippen LogP contribution in [-0.2, 0) is 9.47 Å². The molecule has 2 heterocycles. The minimum atomic E-state index is -0.822. The summed E-state index contributed by atoms with van der Waals surface area (Å²) in [5.41, 5.74) is 0.478. The third kappa shape index (κ3) is 7.03. The molecule has 2 aromatic rings. The van der Waals surface area contributed by atoms with Crippen molar-refractivity contribution in [2.45, 2.75) is 78.6 Å². The van der Waals surface area contributed by atoms with E-state index in [9.17, 15) is 9.59 Å². The number of ether oxygens (including phenoxy) is 2. The molecule has 2 amide bonds. The lowest BCUT2D eigenvalue weighted by molar-refractivity contribution is 0.0553. The number of nitrogens with zero attached hydrogens (tertiary/aromatic N) is 4. The Hall–Kier alpha value is -3.43. The minimum Gasteiger partial charge on any atom is -0.444 e. The van der Waals surface area contributed by atoms with Gasteiger partial charge >= 0.3 is 12.2 Å². The number of benzene rings is 1. The molecule has 0 aliphatic carbocycles. The number of amides is 2. The molecule has 1 unspecified atom stereocenters. The Balaban J connectivity index is 1.87. The first-order valence-electron chi connectivity index (χ1n) is 11.3. The van der Waals surface area contributed by atoms with E-state index in [0.29, 0.717) is 24.7 Å². The summed E-state index contributed by atoms with van der Waals surface area (Å²) in [4.78, 5) is 35.4. The maximum absolute atomic E-state index is 12.5. The maximum atomic E-state index is 12.5. The summed E-state index contributed by atoms with van der Waals surface area (Å²) in [6, 6.07) is 7.42. The summed E-state index contributed by atoms with van der Waals surface area (Å²) in [5.74, 6) is 0.858. The predicted molar refractivity (Wildman–Crippen MR) is 126 cm³/mol. The molecule has 1 aromatic carbocycles. The van der Waals surface area contributed by atoms with Gasteiger partial charge in [0.15, 0.2) is 5.82 Å². The van der Waals surface area contributed by atoms with Crippen molar-refractivity contribution in [3.63, 3.8) is 0 Å². The van der Waals surface area contributed by atoms with Gasteiger partial charge in [-0.05, 0) is 73.4 Å². The van der Waals surface area contributed by atoms with Crippen LogP contribution in [0.4, 0.5) is 9.59 Å². The first kappa shape index (κ1) is 25.2. The highest BCUT2D eigenvalue weighted by atomic mass is 16.6. The van der Waals surface area contributed by atoms with Crippen LogP contribution in [0.25, 0.3) is 11.5 Å². The average Bonchev–Trinajstić information content (AvgIpc) is 3.34. The number of rotatable bonds is 2. The van der Waals surface area contributed by atoms with E-state index in [0.717, 1.165) is 17.5 Å². The fraction of sp³-hybridized carbons (Fsp3) is 0.542. The second kappa shape index (κ2) is 9.82. The number of carbonyl (C=O) groups is 2. The second-order valence-corrected chi connectivity index (χ2v) is 10.2. The minimum absolute atomic E-state index is 0.0210. The molecule has 1 aromatic heterocycles. The number of carbonyl (C=O) groups excluding carboxylic acids is 2. The van der Waals surface area contributed by atoms with Gasteiger partial charge < -0.3 is 18.9 Å². The Labute approximate surface area is 199 Å². The number of hydrogen-bond acceptors (Lipinski definition) is 7. The number of hydrogen-bond donors (Lipinski definition) is 1. The van der Waals surface area contributed by atoms with Crippen molar-refractivity contribution in [1.29, 1.82) is 0 Å². The van der Waals surface area contributed by atoms with Crippen LogP contribution in [0.1, 0.15) is 71.8 Å². The van der Waals surface area contributed by atoms with Crippen molar-refractivity contribution in [3.05, 3.63) is 35.7 Å². The molecule has 1 atom stereocenters. The van der Waals surface area contributed by atoms with Crippen molar-refractivity contribution in [2.24, 2.45) is 4.99 Å². The number of likely N-dealkylation sites (tertiary alicyclic amines) is 1. The first-order chi connectivity index (χ1) is 15.8. The van der Waals surface area contributed by atoms with E-state index in [1.807, 2.05) is 31.2 Å². The molecule has 1 saturated heterocycles. The number of aromatic nitrogens is 2. The lowest BCUT2D eigenvalue weighted by Gasteiger charge is -2.27. The Morgan fingerprint density at radius 2 is 1.74 bits per heavy atom. The predicted octanol–water partition coefficient (Wildman–Crippen LogP) is 5.00. The Kier molecular flexibility index (Phi) is 7.28. The van der Waals surface area contributed by atoms with Crippen molar-refractivity contribution in [1.82, 2.24) is 20.4 Å². The van der Waals surface area contributed by atoms with Gasteiger partial charge in [0.1, 0.15) is 11.2 Å². The molecule has 0 bridgehead atoms. The molecule has 0 radical (unpaired) electrons. The van der Waals surface area contributed by atoms with E-state index in [1.54, 1.807) is 46.4 Å². The summed E-state index contributed by atoms with van der Waals surface area (Å²) in [5, 5.41) is 6.77. The molecule has 1 aliphatic rings. The average molecular weight is 472 g/mol. The SMILES string of the molecule is Cc1ccc(-c2nc(C3CCCN3C(=NC(=O)OC(C)(C)C)NC(=O)OC(C)(C)C)no2)cc1. The highest BCUT2D eigenvalue weighted by Gasteiger charge is 2.35. The lowest BCUT2D eigenvalue weighted by atomic mass is 10.1. The molecule has 0 spiro atoms. The Bertz CT molecular complexity index is 1050. The highest BCUT2D eigenvalue weighted by molar-refractivity contribution is 5.99. The number of aliphatic imine (C=N–C) groups is 1. The zero-order chi connectivity index (χ0) is 25.1. The number of nitrogens with one attached hydrogen (secondary N) is 1. The van der Waals surface area contributed by atoms with Gasteiger partial charge in [-0.2, -0.15) is 4.98 Å². The van der Waals surface area contributed by atoms with Gasteiger partial charge in [-0.1, -0.05) is 22.9 Å². The molecule has 10 nitrogen and oxygen atoms in total. The normalized spacial score (nSPS) is 17.0. The molecule has 0 saturated carbocycles. The molecule has 3 rings (SSSR count). The Morgan fingerprint density at radius 1 is 1.09 bits per heavy atom. The topological polar surface area (TPSA) is 119 Å². The van der Waals surface area contributed by atoms with Crippen LogP contribution in [0, 0.1) is 6.92 Å². The molecule has 1 N–H and O–H groups in total. The molecule has 184 valence electrons. The monoisotopic (exact) mass is 471 g/mol. The van der Waals surface area contributed by atoms with Crippen LogP contribution in [0.5, 0.6) is 0 Å². The molecular weight excluding hydrogens is 438 g/mol. The number of alkyl carbamates (subject to hydrolysis) is 1. The van der Waals surface area contributed by atoms with Crippen LogP contribution in [0.3, 0.4) is 0 Å². The molecular formula is C24H33N5O5. The fourth-order valence-corrected chi connectivity index (χ4v) is 3.40. The van der Waals surface area contributed by atoms with E-state index in [1.165, 1.54) is 0 Å². The number of aryl methyl sites for hydroxylation is 1. The molecule has 1 fully saturated rings. The Morgan fingerprint density at radius 3 is 2.35 bits per heavy atom. The van der Waals surface area contributed by atoms with E-state index < -0.39 is 23.4 Å². The van der Waals surface area contributed by atoms with Crippen molar-refractivity contribution < 1.29 is 23.6 Å². The summed E-state index contributed by atoms with van der Waals surface area (Å²) in [6.45, 7) is 13.0. The van der Waals surface area contributed by atoms with Crippen molar-refractivity contribution >= 4 is 18.1 Å². The lowest BCUT2D eigenvalue weighted by Crippen LogP contribution is -2.46. The van der Waals surface area contributed by atoms with Crippen LogP contribution >= 0.6 is 0 Å². The highest BCUT2D eigenvalue weighted by Crippen LogP contribution is 2.32. The number of guanidine groups is 1. The van der Waals surface area contributed by atoms with Gasteiger partial charge in [0.25, 0.3) is 5.89 Å². The van der Waals surface area contributed by atoms with Gasteiger partial charge in [0.05, 0.1) is 6.04 Å². The van der Waals surface area contributed by atoms with Crippen LogP contribution in [0.2, 0.25) is 0 Å². The van der Waals surface area contributed by atoms with E-state index >= 15 is 0 Å². The zero-order valence-corrected chi connectivity index (χ0v) is 20.8. The van der Waals surface area contributed by atoms with Crippen LogP contribution in [0.15, 0.2) is 33.8 Å². The largest absolute Gasteiger partial charge is 0.444 e. The third-order valence-electron chi connectivity index (χ3n) is 4.77. The zero-order valence-electron chi connectivity index (χ0n) is 20.8. The van der Waals surface area contributed by atoms with Gasteiger partial charge in [0.2, 0.25) is 5.96 Å². The third-order valence-corrected chi connectivity index (χ3v) is 4.77. The van der Waals surface area contributed by atoms with Crippen LogP contribution < -0.4 is 5.32 Å². The summed E-state index contributed by atoms with van der Waals surface area (Å²) >= 11 is 0. The fourth-order valence-electron chi connectivity index (χ4n) is 3.40. The van der Waals surface area contributed by atoms with Crippen molar-refractivity contribution in [2.75, 3.05) is 6.54 Å². The summed E-state index contributed by atoms with van der Waals surface area (Å²) in [7, 11) is 0. The van der Waals surface area contributed by atoms with E-state index in [2.05, 4.69) is 20.4 Å². The van der Waals surface area contributed by atoms with Gasteiger partial charge in [-0.15, -0.1) is 4.99 Å². The van der Waals surface area contributed by atoms with E-state index in [-0.39, 0.29) is 12.0 Å². The quantitative estimate of drug-likeness (QED) is 0.480. The molecule has 34 heavy (non-hydrogen) atoms. The smallest absolute Gasteiger partial charge is 0.437 e. The van der Waals surface area contributed by atoms with Crippen molar-refractivity contribution in [3.8, 4) is 11.5 Å². The van der Waals surface area contributed by atoms with Gasteiger partial charge in [-0.25, -0.2) is 9.59 Å². The molecule has 1 aliphatic heterocycles. The van der Waals surface area contributed by atoms with Crippen LogP contribution in [-0.4, -0.2) is 50.9 Å². The summed E-state index contributed by atoms with van der Waals surface area (Å²) in [6.07, 6.45) is -0.0786. The second-order valence-electron chi connectivity index (χ2n) is 10.2. The van der Waals surface area contributed by atoms with E-state index in [4.69, 9.17) is 14.0 Å². The first-order valence-corrected chi connectivity index (χ1v) is 11.3. The maximum Gasteiger partial charge on any atom is 0.437 e. The summed E-state index contributed by atoms with van der Waals surface area (Å²) < 4.78 is 16.2. The molecule has 10 heteroatoms. The van der Waals surface area contributed by atoms with Gasteiger partial charge in [0, 0.05) is 12.1 Å². The van der Waals surface area contributed by atoms with Gasteiger partial charge in [-0.3, -0.25) is 5.32 Å². The standard InChI is InChI=1S/C24H33N5O5/c1-15-10-12-16(13-11-15)19-25-18(28-34-19)17-9-8-14-29(17)20(26-21(30)32-23(2,3)4)27-22(31)33-24(5,6)7/h10-13,17H,8-9,14H2,1-7H3,(H,26,27,30,31).